The van der Waals surface area contributed by atoms with Crippen LogP contribution in [0.25, 0.3) is 0 Å². The summed E-state index contributed by atoms with van der Waals surface area (Å²) in [6, 6.07) is 0. The van der Waals surface area contributed by atoms with Gasteiger partial charge in [0.15, 0.2) is 0 Å². The van der Waals surface area contributed by atoms with Gasteiger partial charge in [0.1, 0.15) is 5.54 Å². The summed E-state index contributed by atoms with van der Waals surface area (Å²) in [4.78, 5) is 22.0. The van der Waals surface area contributed by atoms with Gasteiger partial charge in [-0.2, -0.15) is 0 Å². The van der Waals surface area contributed by atoms with Gasteiger partial charge in [-0.1, -0.05) is 0 Å². The third kappa shape index (κ3) is 2.18. The number of carbonyl (C=O) groups is 2. The van der Waals surface area contributed by atoms with E-state index in [9.17, 15) is 9.59 Å². The monoisotopic (exact) mass is 186 g/mol. The second-order valence-electron chi connectivity index (χ2n) is 3.77. The molecule has 1 amide bonds. The Bertz CT molecular complexity index is 234. The fourth-order valence-corrected chi connectivity index (χ4v) is 0.938. The van der Waals surface area contributed by atoms with Crippen molar-refractivity contribution >= 4 is 11.9 Å². The number of carboxylic acid groups (broad SMARTS) is 1. The van der Waals surface area contributed by atoms with Crippen molar-refractivity contribution in [3.8, 4) is 0 Å². The Balaban J connectivity index is 2.46. The van der Waals surface area contributed by atoms with E-state index in [0.29, 0.717) is 13.1 Å². The summed E-state index contributed by atoms with van der Waals surface area (Å²) in [6.07, 6.45) is 0. The summed E-state index contributed by atoms with van der Waals surface area (Å²) in [5.41, 5.74) is -1.17. The van der Waals surface area contributed by atoms with Crippen LogP contribution in [0.4, 0.5) is 0 Å². The third-order valence-corrected chi connectivity index (χ3v) is 2.12. The number of aliphatic carboxylic acids is 1. The average Bonchev–Trinajstić information content (AvgIpc) is 1.80. The van der Waals surface area contributed by atoms with Crippen molar-refractivity contribution < 1.29 is 14.7 Å². The highest BCUT2D eigenvalue weighted by atomic mass is 16.4. The molecule has 1 heterocycles. The zero-order valence-electron chi connectivity index (χ0n) is 7.76. The van der Waals surface area contributed by atoms with Gasteiger partial charge < -0.3 is 15.7 Å². The molecule has 1 aliphatic rings. The van der Waals surface area contributed by atoms with Gasteiger partial charge in [0.2, 0.25) is 5.91 Å². The van der Waals surface area contributed by atoms with E-state index in [2.05, 4.69) is 10.6 Å². The van der Waals surface area contributed by atoms with Gasteiger partial charge in [0.05, 0.1) is 5.92 Å². The maximum atomic E-state index is 11.3. The second-order valence-corrected chi connectivity index (χ2v) is 3.77. The Hall–Kier alpha value is -1.10. The highest BCUT2D eigenvalue weighted by Crippen LogP contribution is 2.07. The summed E-state index contributed by atoms with van der Waals surface area (Å²) in [7, 11) is 0. The fourth-order valence-electron chi connectivity index (χ4n) is 0.938. The molecule has 1 rings (SSSR count). The number of hydrogen-bond donors (Lipinski definition) is 3. The molecule has 0 aliphatic carbocycles. The van der Waals surface area contributed by atoms with Crippen molar-refractivity contribution in [1.82, 2.24) is 10.6 Å². The van der Waals surface area contributed by atoms with E-state index in [1.807, 2.05) is 0 Å². The molecule has 0 radical (unpaired) electrons. The second kappa shape index (κ2) is 3.33. The summed E-state index contributed by atoms with van der Waals surface area (Å²) in [5.74, 6) is -1.28. The minimum Gasteiger partial charge on any atom is -0.480 e. The highest BCUT2D eigenvalue weighted by Gasteiger charge is 2.33. The predicted octanol–water partition coefficient (Wildman–Crippen LogP) is -0.815. The molecule has 0 aromatic heterocycles. The number of carboxylic acids is 1. The molecule has 0 unspecified atom stereocenters. The molecule has 13 heavy (non-hydrogen) atoms. The van der Waals surface area contributed by atoms with Gasteiger partial charge in [-0.05, 0) is 13.8 Å². The lowest BCUT2D eigenvalue weighted by atomic mass is 9.99. The van der Waals surface area contributed by atoms with Crippen LogP contribution in [0, 0.1) is 5.92 Å². The molecule has 0 spiro atoms. The van der Waals surface area contributed by atoms with Gasteiger partial charge >= 0.3 is 5.97 Å². The van der Waals surface area contributed by atoms with Crippen molar-refractivity contribution in [2.45, 2.75) is 19.4 Å². The van der Waals surface area contributed by atoms with Crippen molar-refractivity contribution in [2.24, 2.45) is 5.92 Å². The molecule has 0 bridgehead atoms. The van der Waals surface area contributed by atoms with Crippen molar-refractivity contribution in [2.75, 3.05) is 13.1 Å². The quantitative estimate of drug-likeness (QED) is 0.538. The number of nitrogens with one attached hydrogen (secondary N) is 2. The predicted molar refractivity (Wildman–Crippen MR) is 46.2 cm³/mol. The van der Waals surface area contributed by atoms with E-state index in [0.717, 1.165) is 0 Å². The number of hydrogen-bond acceptors (Lipinski definition) is 3. The van der Waals surface area contributed by atoms with Crippen molar-refractivity contribution in [1.29, 1.82) is 0 Å². The lowest BCUT2D eigenvalue weighted by Crippen LogP contribution is -2.57. The maximum absolute atomic E-state index is 11.3. The molecule has 0 atom stereocenters. The molecule has 74 valence electrons. The summed E-state index contributed by atoms with van der Waals surface area (Å²) < 4.78 is 0. The zero-order valence-corrected chi connectivity index (χ0v) is 7.76. The standard InChI is InChI=1S/C8H14N2O3/c1-8(2,7(12)13)10-6(11)5-3-9-4-5/h5,9H,3-4H2,1-2H3,(H,10,11)(H,12,13). The maximum Gasteiger partial charge on any atom is 0.328 e. The molecule has 0 aromatic rings. The normalized spacial score (nSPS) is 17.7. The van der Waals surface area contributed by atoms with Crippen LogP contribution >= 0.6 is 0 Å². The third-order valence-electron chi connectivity index (χ3n) is 2.12. The van der Waals surface area contributed by atoms with Crippen molar-refractivity contribution in [3.63, 3.8) is 0 Å². The van der Waals surface area contributed by atoms with Gasteiger partial charge in [-0.25, -0.2) is 4.79 Å². The van der Waals surface area contributed by atoms with Gasteiger partial charge in [0, 0.05) is 13.1 Å². The molecule has 1 aliphatic heterocycles. The van der Waals surface area contributed by atoms with E-state index in [1.165, 1.54) is 13.8 Å². The fraction of sp³-hybridized carbons (Fsp3) is 0.750. The van der Waals surface area contributed by atoms with Crippen LogP contribution in [-0.4, -0.2) is 35.6 Å². The minimum absolute atomic E-state index is 0.0707. The summed E-state index contributed by atoms with van der Waals surface area (Å²) in [5, 5.41) is 14.2. The zero-order chi connectivity index (χ0) is 10.1. The lowest BCUT2D eigenvalue weighted by Gasteiger charge is -2.29. The summed E-state index contributed by atoms with van der Waals surface area (Å²) >= 11 is 0. The molecule has 3 N–H and O–H groups in total. The van der Waals surface area contributed by atoms with Crippen LogP contribution < -0.4 is 10.6 Å². The average molecular weight is 186 g/mol. The molecule has 0 aromatic carbocycles. The molecule has 5 heteroatoms. The van der Waals surface area contributed by atoms with Crippen LogP contribution in [-0.2, 0) is 9.59 Å². The first-order chi connectivity index (χ1) is 5.93. The molecule has 1 fully saturated rings. The first-order valence-corrected chi connectivity index (χ1v) is 4.19. The van der Waals surface area contributed by atoms with E-state index in [4.69, 9.17) is 5.11 Å². The van der Waals surface area contributed by atoms with Crippen LogP contribution in [0.1, 0.15) is 13.8 Å². The van der Waals surface area contributed by atoms with Gasteiger partial charge in [0.25, 0.3) is 0 Å². The molecule has 1 saturated heterocycles. The smallest absolute Gasteiger partial charge is 0.328 e. The summed E-state index contributed by atoms with van der Waals surface area (Å²) in [6.45, 7) is 4.22. The minimum atomic E-state index is -1.17. The first-order valence-electron chi connectivity index (χ1n) is 4.19. The molecular weight excluding hydrogens is 172 g/mol. The van der Waals surface area contributed by atoms with Gasteiger partial charge in [-0.3, -0.25) is 4.79 Å². The Morgan fingerprint density at radius 2 is 2.00 bits per heavy atom. The Kier molecular flexibility index (Phi) is 2.56. The van der Waals surface area contributed by atoms with Crippen LogP contribution in [0.2, 0.25) is 0 Å². The Labute approximate surface area is 76.5 Å². The Morgan fingerprint density at radius 1 is 1.46 bits per heavy atom. The molecular formula is C8H14N2O3. The van der Waals surface area contributed by atoms with E-state index >= 15 is 0 Å². The van der Waals surface area contributed by atoms with E-state index in [1.54, 1.807) is 0 Å². The van der Waals surface area contributed by atoms with Gasteiger partial charge in [-0.15, -0.1) is 0 Å². The van der Waals surface area contributed by atoms with Crippen LogP contribution in [0.3, 0.4) is 0 Å². The first kappa shape index (κ1) is 9.98. The lowest BCUT2D eigenvalue weighted by molar-refractivity contribution is -0.147. The largest absolute Gasteiger partial charge is 0.480 e. The van der Waals surface area contributed by atoms with Crippen molar-refractivity contribution in [3.05, 3.63) is 0 Å². The molecule has 0 saturated carbocycles. The molecule has 5 nitrogen and oxygen atoms in total. The van der Waals surface area contributed by atoms with Crippen LogP contribution in [0.5, 0.6) is 0 Å². The van der Waals surface area contributed by atoms with E-state index < -0.39 is 11.5 Å². The number of rotatable bonds is 3. The number of amides is 1. The number of carbonyl (C=O) groups excluding carboxylic acids is 1. The topological polar surface area (TPSA) is 78.4 Å². The van der Waals surface area contributed by atoms with E-state index in [-0.39, 0.29) is 11.8 Å². The van der Waals surface area contributed by atoms with Crippen LogP contribution in [0.15, 0.2) is 0 Å². The highest BCUT2D eigenvalue weighted by molar-refractivity contribution is 5.88. The SMILES string of the molecule is CC(C)(NC(=O)C1CNC1)C(=O)O. The Morgan fingerprint density at radius 3 is 2.31 bits per heavy atom.